The SMILES string of the molecule is CN(C(=O)N1CC(c2cc(F)ccc2F)=C[C@@]1(CO)c1ccccc1)C1CCN(c2ccccc2)CC1F. The summed E-state index contributed by atoms with van der Waals surface area (Å²) in [6, 6.07) is 20.5. The summed E-state index contributed by atoms with van der Waals surface area (Å²) in [5.41, 5.74) is 0.619. The van der Waals surface area contributed by atoms with E-state index in [0.29, 0.717) is 24.1 Å². The molecule has 3 atom stereocenters. The summed E-state index contributed by atoms with van der Waals surface area (Å²) in [5, 5.41) is 10.7. The van der Waals surface area contributed by atoms with Crippen LogP contribution in [0.2, 0.25) is 0 Å². The maximum Gasteiger partial charge on any atom is 0.321 e. The maximum absolute atomic E-state index is 15.5. The standard InChI is InChI=1S/C30H30F3N3O2/c1-34(28-14-15-35(19-27(28)33)24-10-6-3-7-11-24)29(38)36-18-21(25-16-23(31)12-13-26(25)32)17-30(36,20-37)22-8-4-2-5-9-22/h2-13,16-17,27-28,37H,14-15,18-20H2,1H3/t27?,28?,30-/m1/s1. The number of aliphatic hydroxyl groups excluding tert-OH is 1. The third-order valence-electron chi connectivity index (χ3n) is 7.67. The number of amides is 2. The zero-order valence-corrected chi connectivity index (χ0v) is 21.1. The fourth-order valence-electron chi connectivity index (χ4n) is 5.59. The molecule has 1 fully saturated rings. The topological polar surface area (TPSA) is 47.0 Å². The van der Waals surface area contributed by atoms with E-state index in [1.807, 2.05) is 41.3 Å². The van der Waals surface area contributed by atoms with Crippen LogP contribution in [0.3, 0.4) is 0 Å². The number of alkyl halides is 1. The number of rotatable bonds is 5. The van der Waals surface area contributed by atoms with E-state index < -0.39 is 42.0 Å². The Hall–Kier alpha value is -3.78. The summed E-state index contributed by atoms with van der Waals surface area (Å²) in [6.07, 6.45) is 0.744. The van der Waals surface area contributed by atoms with Crippen LogP contribution in [-0.4, -0.2) is 66.4 Å². The van der Waals surface area contributed by atoms with E-state index in [-0.39, 0.29) is 18.7 Å². The molecule has 198 valence electrons. The van der Waals surface area contributed by atoms with Crippen molar-refractivity contribution in [3.8, 4) is 0 Å². The lowest BCUT2D eigenvalue weighted by atomic mass is 9.89. The van der Waals surface area contributed by atoms with Gasteiger partial charge in [-0.3, -0.25) is 0 Å². The van der Waals surface area contributed by atoms with Gasteiger partial charge in [0, 0.05) is 31.4 Å². The van der Waals surface area contributed by atoms with E-state index in [1.54, 1.807) is 37.4 Å². The highest BCUT2D eigenvalue weighted by atomic mass is 19.1. The number of benzene rings is 3. The molecule has 2 aliphatic heterocycles. The number of hydrogen-bond donors (Lipinski definition) is 1. The normalized spacial score (nSPS) is 23.3. The van der Waals surface area contributed by atoms with Crippen LogP contribution in [0.5, 0.6) is 0 Å². The number of carbonyl (C=O) groups excluding carboxylic acids is 1. The molecule has 1 saturated heterocycles. The molecule has 0 bridgehead atoms. The van der Waals surface area contributed by atoms with Gasteiger partial charge in [-0.2, -0.15) is 0 Å². The van der Waals surface area contributed by atoms with Crippen molar-refractivity contribution in [3.63, 3.8) is 0 Å². The predicted octanol–water partition coefficient (Wildman–Crippen LogP) is 5.22. The zero-order chi connectivity index (χ0) is 26.9. The first-order chi connectivity index (χ1) is 18.3. The van der Waals surface area contributed by atoms with Crippen molar-refractivity contribution in [2.45, 2.75) is 24.2 Å². The Morgan fingerprint density at radius 1 is 1.05 bits per heavy atom. The summed E-state index contributed by atoms with van der Waals surface area (Å²) in [6.45, 7) is 0.171. The van der Waals surface area contributed by atoms with Gasteiger partial charge in [0.25, 0.3) is 0 Å². The van der Waals surface area contributed by atoms with Crippen molar-refractivity contribution < 1.29 is 23.1 Å². The number of anilines is 1. The minimum atomic E-state index is -1.32. The molecule has 0 radical (unpaired) electrons. The van der Waals surface area contributed by atoms with Gasteiger partial charge in [-0.25, -0.2) is 18.0 Å². The second-order valence-electron chi connectivity index (χ2n) is 9.88. The summed E-state index contributed by atoms with van der Waals surface area (Å²) in [7, 11) is 1.56. The molecule has 0 aliphatic carbocycles. The lowest BCUT2D eigenvalue weighted by Crippen LogP contribution is -2.58. The minimum absolute atomic E-state index is 0.0243. The van der Waals surface area contributed by atoms with Crippen LogP contribution >= 0.6 is 0 Å². The molecule has 2 amide bonds. The van der Waals surface area contributed by atoms with Gasteiger partial charge in [-0.15, -0.1) is 0 Å². The summed E-state index contributed by atoms with van der Waals surface area (Å²) >= 11 is 0. The molecular weight excluding hydrogens is 491 g/mol. The Morgan fingerprint density at radius 3 is 2.39 bits per heavy atom. The third kappa shape index (κ3) is 4.65. The van der Waals surface area contributed by atoms with Crippen LogP contribution < -0.4 is 4.90 Å². The van der Waals surface area contributed by atoms with Crippen LogP contribution in [0, 0.1) is 11.6 Å². The Balaban J connectivity index is 1.44. The molecule has 3 aromatic carbocycles. The third-order valence-corrected chi connectivity index (χ3v) is 7.67. The molecule has 0 aromatic heterocycles. The van der Waals surface area contributed by atoms with Crippen LogP contribution in [-0.2, 0) is 5.54 Å². The number of piperidine rings is 1. The van der Waals surface area contributed by atoms with E-state index >= 15 is 4.39 Å². The fourth-order valence-corrected chi connectivity index (χ4v) is 5.59. The Morgan fingerprint density at radius 2 is 1.74 bits per heavy atom. The quantitative estimate of drug-likeness (QED) is 0.501. The molecular formula is C30H30F3N3O2. The largest absolute Gasteiger partial charge is 0.393 e. The van der Waals surface area contributed by atoms with Gasteiger partial charge in [-0.1, -0.05) is 48.5 Å². The molecule has 1 N–H and O–H groups in total. The van der Waals surface area contributed by atoms with Crippen LogP contribution in [0.4, 0.5) is 23.7 Å². The molecule has 8 heteroatoms. The molecule has 3 aromatic rings. The second-order valence-corrected chi connectivity index (χ2v) is 9.88. The summed E-state index contributed by atoms with van der Waals surface area (Å²) < 4.78 is 44.3. The number of halogens is 3. The zero-order valence-electron chi connectivity index (χ0n) is 21.1. The highest BCUT2D eigenvalue weighted by molar-refractivity contribution is 5.83. The average molecular weight is 522 g/mol. The number of nitrogens with zero attached hydrogens (tertiary/aromatic N) is 3. The number of aliphatic hydroxyl groups is 1. The van der Waals surface area contributed by atoms with E-state index in [2.05, 4.69) is 0 Å². The first-order valence-electron chi connectivity index (χ1n) is 12.7. The molecule has 38 heavy (non-hydrogen) atoms. The average Bonchev–Trinajstić information content (AvgIpc) is 3.35. The van der Waals surface area contributed by atoms with Crippen LogP contribution in [0.25, 0.3) is 5.57 Å². The van der Waals surface area contributed by atoms with E-state index in [1.165, 1.54) is 9.80 Å². The number of carbonyl (C=O) groups is 1. The maximum atomic E-state index is 15.5. The van der Waals surface area contributed by atoms with E-state index in [9.17, 15) is 18.7 Å². The number of hydrogen-bond acceptors (Lipinski definition) is 3. The highest BCUT2D eigenvalue weighted by Gasteiger charge is 2.47. The van der Waals surface area contributed by atoms with E-state index in [0.717, 1.165) is 23.9 Å². The smallest absolute Gasteiger partial charge is 0.321 e. The van der Waals surface area contributed by atoms with Crippen LogP contribution in [0.1, 0.15) is 17.5 Å². The second kappa shape index (κ2) is 10.5. The predicted molar refractivity (Wildman–Crippen MR) is 141 cm³/mol. The lowest BCUT2D eigenvalue weighted by molar-refractivity contribution is 0.0625. The van der Waals surface area contributed by atoms with Crippen molar-refractivity contribution in [2.24, 2.45) is 0 Å². The molecule has 2 unspecified atom stereocenters. The Labute approximate surface area is 220 Å². The van der Waals surface area contributed by atoms with Crippen molar-refractivity contribution >= 4 is 17.3 Å². The van der Waals surface area contributed by atoms with Crippen molar-refractivity contribution in [1.29, 1.82) is 0 Å². The summed E-state index contributed by atoms with van der Waals surface area (Å²) in [4.78, 5) is 18.8. The molecule has 5 rings (SSSR count). The monoisotopic (exact) mass is 521 g/mol. The first-order valence-corrected chi connectivity index (χ1v) is 12.7. The lowest BCUT2D eigenvalue weighted by Gasteiger charge is -2.44. The molecule has 5 nitrogen and oxygen atoms in total. The number of para-hydroxylation sites is 1. The van der Waals surface area contributed by atoms with Gasteiger partial charge < -0.3 is 19.8 Å². The molecule has 2 aliphatic rings. The fraction of sp³-hybridized carbons (Fsp3) is 0.300. The minimum Gasteiger partial charge on any atom is -0.393 e. The molecule has 0 spiro atoms. The van der Waals surface area contributed by atoms with Gasteiger partial charge in [-0.05, 0) is 54.0 Å². The van der Waals surface area contributed by atoms with Crippen LogP contribution in [0.15, 0.2) is 84.9 Å². The Kier molecular flexibility index (Phi) is 7.17. The molecule has 0 saturated carbocycles. The van der Waals surface area contributed by atoms with Gasteiger partial charge in [0.2, 0.25) is 0 Å². The van der Waals surface area contributed by atoms with Gasteiger partial charge in [0.1, 0.15) is 23.3 Å². The van der Waals surface area contributed by atoms with Crippen molar-refractivity contribution in [1.82, 2.24) is 9.80 Å². The van der Waals surface area contributed by atoms with Crippen molar-refractivity contribution in [3.05, 3.63) is 108 Å². The van der Waals surface area contributed by atoms with Gasteiger partial charge in [0.05, 0.1) is 19.2 Å². The summed E-state index contributed by atoms with van der Waals surface area (Å²) in [5.74, 6) is -1.23. The van der Waals surface area contributed by atoms with Crippen molar-refractivity contribution in [2.75, 3.05) is 38.2 Å². The molecule has 2 heterocycles. The number of urea groups is 1. The highest BCUT2D eigenvalue weighted by Crippen LogP contribution is 2.41. The first kappa shape index (κ1) is 25.9. The Bertz CT molecular complexity index is 1320. The van der Waals surface area contributed by atoms with Gasteiger partial charge in [0.15, 0.2) is 0 Å². The van der Waals surface area contributed by atoms with Gasteiger partial charge >= 0.3 is 6.03 Å². The van der Waals surface area contributed by atoms with E-state index in [4.69, 9.17) is 0 Å².